The van der Waals surface area contributed by atoms with Crippen molar-refractivity contribution in [1.29, 1.82) is 0 Å². The maximum Gasteiger partial charge on any atom is 0.237 e. The third-order valence-corrected chi connectivity index (χ3v) is 0.569. The van der Waals surface area contributed by atoms with E-state index in [1.54, 1.807) is 0 Å². The second-order valence-corrected chi connectivity index (χ2v) is 1.29. The summed E-state index contributed by atoms with van der Waals surface area (Å²) in [6, 6.07) is 0. The highest BCUT2D eigenvalue weighted by Gasteiger charge is 1.77. The van der Waals surface area contributed by atoms with E-state index in [1.807, 2.05) is 6.92 Å². The average Bonchev–Trinajstić information content (AvgIpc) is 1.81. The van der Waals surface area contributed by atoms with Gasteiger partial charge in [-0.2, -0.15) is 4.99 Å². The lowest BCUT2D eigenvalue weighted by Gasteiger charge is -1.91. The Morgan fingerprint density at radius 3 is 3.00 bits per heavy atom. The Morgan fingerprint density at radius 1 is 1.75 bits per heavy atom. The lowest BCUT2D eigenvalue weighted by atomic mass is 10.5. The summed E-state index contributed by atoms with van der Waals surface area (Å²) in [5.74, 6) is 0. The quantitative estimate of drug-likeness (QED) is 0.307. The molecule has 0 atom stereocenters. The molecular weight excluding hydrogens is 106 g/mol. The van der Waals surface area contributed by atoms with Gasteiger partial charge in [-0.1, -0.05) is 6.92 Å². The smallest absolute Gasteiger partial charge is 0.237 e. The van der Waals surface area contributed by atoms with Crippen LogP contribution < -0.4 is 0 Å². The summed E-state index contributed by atoms with van der Waals surface area (Å²) >= 11 is 0. The van der Waals surface area contributed by atoms with Gasteiger partial charge in [0.15, 0.2) is 0 Å². The number of isocyanates is 1. The number of nitrogens with zero attached hydrogens (tertiary/aromatic N) is 1. The minimum atomic E-state index is 0.150. The maximum absolute atomic E-state index is 9.40. The highest BCUT2D eigenvalue weighted by atomic mass is 16.5. The Labute approximate surface area is 48.4 Å². The molecule has 0 aromatic carbocycles. The van der Waals surface area contributed by atoms with E-state index >= 15 is 0 Å². The first-order valence-electron chi connectivity index (χ1n) is 2.53. The molecule has 8 heavy (non-hydrogen) atoms. The van der Waals surface area contributed by atoms with Crippen LogP contribution in [0.3, 0.4) is 0 Å². The van der Waals surface area contributed by atoms with Gasteiger partial charge in [0.1, 0.15) is 6.73 Å². The van der Waals surface area contributed by atoms with Gasteiger partial charge in [-0.15, -0.1) is 0 Å². The molecule has 0 aliphatic carbocycles. The third-order valence-electron chi connectivity index (χ3n) is 0.569. The predicted molar refractivity (Wildman–Crippen MR) is 29.2 cm³/mol. The van der Waals surface area contributed by atoms with Crippen LogP contribution in [0.25, 0.3) is 0 Å². The Morgan fingerprint density at radius 2 is 2.50 bits per heavy atom. The summed E-state index contributed by atoms with van der Waals surface area (Å²) in [5.41, 5.74) is 0. The Kier molecular flexibility index (Phi) is 5.82. The van der Waals surface area contributed by atoms with Crippen LogP contribution in [0.15, 0.2) is 4.99 Å². The molecule has 3 heteroatoms. The average molecular weight is 115 g/mol. The minimum absolute atomic E-state index is 0.150. The zero-order valence-corrected chi connectivity index (χ0v) is 4.89. The minimum Gasteiger partial charge on any atom is -0.358 e. The fourth-order valence-corrected chi connectivity index (χ4v) is 0.281. The van der Waals surface area contributed by atoms with Crippen LogP contribution >= 0.6 is 0 Å². The second kappa shape index (κ2) is 6.34. The number of rotatable bonds is 4. The summed E-state index contributed by atoms with van der Waals surface area (Å²) in [7, 11) is 0. The summed E-state index contributed by atoms with van der Waals surface area (Å²) in [4.78, 5) is 12.6. The lowest BCUT2D eigenvalue weighted by molar-refractivity contribution is 0.143. The number of aliphatic imine (C=N–C) groups is 1. The molecule has 0 radical (unpaired) electrons. The van der Waals surface area contributed by atoms with E-state index in [4.69, 9.17) is 4.74 Å². The SMILES string of the molecule is CCCOCN=C=O. The monoisotopic (exact) mass is 115 g/mol. The first kappa shape index (κ1) is 7.34. The van der Waals surface area contributed by atoms with Crippen molar-refractivity contribution < 1.29 is 9.53 Å². The van der Waals surface area contributed by atoms with Crippen molar-refractivity contribution in [3.8, 4) is 0 Å². The van der Waals surface area contributed by atoms with Crippen LogP contribution in [-0.4, -0.2) is 19.4 Å². The van der Waals surface area contributed by atoms with Crippen molar-refractivity contribution in [3.05, 3.63) is 0 Å². The highest BCUT2D eigenvalue weighted by molar-refractivity contribution is 5.32. The molecular formula is C5H9NO2. The largest absolute Gasteiger partial charge is 0.358 e. The van der Waals surface area contributed by atoms with E-state index in [9.17, 15) is 4.79 Å². The van der Waals surface area contributed by atoms with Crippen LogP contribution in [0.2, 0.25) is 0 Å². The van der Waals surface area contributed by atoms with Gasteiger partial charge in [-0.25, -0.2) is 4.79 Å². The van der Waals surface area contributed by atoms with E-state index in [-0.39, 0.29) is 6.73 Å². The first-order valence-corrected chi connectivity index (χ1v) is 2.53. The predicted octanol–water partition coefficient (Wildman–Crippen LogP) is 0.706. The lowest BCUT2D eigenvalue weighted by Crippen LogP contribution is -1.90. The molecule has 0 N–H and O–H groups in total. The molecule has 0 heterocycles. The fourth-order valence-electron chi connectivity index (χ4n) is 0.281. The van der Waals surface area contributed by atoms with Crippen molar-refractivity contribution in [2.75, 3.05) is 13.3 Å². The molecule has 0 rings (SSSR count). The van der Waals surface area contributed by atoms with E-state index in [0.29, 0.717) is 6.61 Å². The molecule has 0 bridgehead atoms. The summed E-state index contributed by atoms with van der Waals surface area (Å²) in [5, 5.41) is 0. The van der Waals surface area contributed by atoms with Gasteiger partial charge in [0.25, 0.3) is 0 Å². The van der Waals surface area contributed by atoms with E-state index in [2.05, 4.69) is 4.99 Å². The highest BCUT2D eigenvalue weighted by Crippen LogP contribution is 1.77. The summed E-state index contributed by atoms with van der Waals surface area (Å²) in [6.07, 6.45) is 2.33. The molecule has 0 amide bonds. The molecule has 0 saturated carbocycles. The first-order chi connectivity index (χ1) is 3.91. The van der Waals surface area contributed by atoms with Crippen molar-refractivity contribution in [2.24, 2.45) is 4.99 Å². The van der Waals surface area contributed by atoms with Crippen molar-refractivity contribution in [1.82, 2.24) is 0 Å². The van der Waals surface area contributed by atoms with Gasteiger partial charge in [0.05, 0.1) is 0 Å². The van der Waals surface area contributed by atoms with Crippen LogP contribution in [0.1, 0.15) is 13.3 Å². The normalized spacial score (nSPS) is 8.12. The maximum atomic E-state index is 9.40. The van der Waals surface area contributed by atoms with Crippen molar-refractivity contribution >= 4 is 6.08 Å². The fraction of sp³-hybridized carbons (Fsp3) is 0.800. The molecule has 0 aromatic rings. The van der Waals surface area contributed by atoms with E-state index in [0.717, 1.165) is 6.42 Å². The van der Waals surface area contributed by atoms with Gasteiger partial charge in [0.2, 0.25) is 6.08 Å². The molecule has 0 fully saturated rings. The summed E-state index contributed by atoms with van der Waals surface area (Å²) in [6.45, 7) is 2.80. The molecule has 3 nitrogen and oxygen atoms in total. The molecule has 0 unspecified atom stereocenters. The zero-order valence-electron chi connectivity index (χ0n) is 4.89. The van der Waals surface area contributed by atoms with Crippen LogP contribution in [0.5, 0.6) is 0 Å². The van der Waals surface area contributed by atoms with Crippen LogP contribution in [0, 0.1) is 0 Å². The van der Waals surface area contributed by atoms with Gasteiger partial charge >= 0.3 is 0 Å². The second-order valence-electron chi connectivity index (χ2n) is 1.29. The summed E-state index contributed by atoms with van der Waals surface area (Å²) < 4.78 is 4.79. The van der Waals surface area contributed by atoms with Crippen LogP contribution in [0.4, 0.5) is 0 Å². The number of hydrogen-bond acceptors (Lipinski definition) is 3. The zero-order chi connectivity index (χ0) is 6.24. The molecule has 0 aliphatic rings. The Balaban J connectivity index is 2.82. The third kappa shape index (κ3) is 5.34. The van der Waals surface area contributed by atoms with E-state index in [1.165, 1.54) is 6.08 Å². The van der Waals surface area contributed by atoms with Gasteiger partial charge in [-0.3, -0.25) is 0 Å². The Bertz CT molecular complexity index is 86.4. The molecule has 0 aromatic heterocycles. The topological polar surface area (TPSA) is 38.7 Å². The van der Waals surface area contributed by atoms with E-state index < -0.39 is 0 Å². The number of hydrogen-bond donors (Lipinski definition) is 0. The standard InChI is InChI=1S/C5H9NO2/c1-2-3-8-5-6-4-7/h2-3,5H2,1H3. The van der Waals surface area contributed by atoms with Gasteiger partial charge in [0, 0.05) is 6.61 Å². The van der Waals surface area contributed by atoms with Crippen LogP contribution in [-0.2, 0) is 9.53 Å². The van der Waals surface area contributed by atoms with Gasteiger partial charge in [-0.05, 0) is 6.42 Å². The van der Waals surface area contributed by atoms with Gasteiger partial charge < -0.3 is 4.74 Å². The molecule has 0 saturated heterocycles. The molecule has 0 spiro atoms. The van der Waals surface area contributed by atoms with Crippen molar-refractivity contribution in [3.63, 3.8) is 0 Å². The Hall–Kier alpha value is -0.660. The molecule has 46 valence electrons. The van der Waals surface area contributed by atoms with Crippen molar-refractivity contribution in [2.45, 2.75) is 13.3 Å². The number of carbonyl (C=O) groups excluding carboxylic acids is 1. The molecule has 0 aliphatic heterocycles. The number of ether oxygens (including phenoxy) is 1.